The number of hydrogen-bond acceptors (Lipinski definition) is 4. The van der Waals surface area contributed by atoms with Crippen molar-refractivity contribution >= 4 is 14.0 Å². The quantitative estimate of drug-likeness (QED) is 0.526. The van der Waals surface area contributed by atoms with Crippen LogP contribution in [0, 0.1) is 20.8 Å². The molecule has 0 saturated carbocycles. The Labute approximate surface area is 143 Å². The van der Waals surface area contributed by atoms with Gasteiger partial charge in [0.1, 0.15) is 5.75 Å². The van der Waals surface area contributed by atoms with E-state index in [0.717, 1.165) is 16.7 Å². The second-order valence-corrected chi connectivity index (χ2v) is 6.91. The number of carbonyl (C=O) groups excluding carboxylic acids is 1. The second kappa shape index (κ2) is 7.69. The fourth-order valence-electron chi connectivity index (χ4n) is 2.68. The lowest BCUT2D eigenvalue weighted by atomic mass is 9.93. The van der Waals surface area contributed by atoms with Crippen molar-refractivity contribution in [3.63, 3.8) is 0 Å². The van der Waals surface area contributed by atoms with Gasteiger partial charge in [-0.1, -0.05) is 29.8 Å². The molecule has 4 nitrogen and oxygen atoms in total. The van der Waals surface area contributed by atoms with Crippen LogP contribution in [0.1, 0.15) is 46.5 Å². The largest absolute Gasteiger partial charge is 0.429 e. The molecular weight excluding hydrogens is 323 g/mol. The molecule has 24 heavy (non-hydrogen) atoms. The smallest absolute Gasteiger partial charge is 0.397 e. The van der Waals surface area contributed by atoms with Crippen LogP contribution in [-0.4, -0.2) is 11.9 Å². The summed E-state index contributed by atoms with van der Waals surface area (Å²) in [5.41, 5.74) is 3.96. The summed E-state index contributed by atoms with van der Waals surface area (Å²) in [6, 6.07) is 10.8. The van der Waals surface area contributed by atoms with Gasteiger partial charge in [-0.15, -0.1) is 0 Å². The summed E-state index contributed by atoms with van der Waals surface area (Å²) in [5.74, 6) is 0.122. The van der Waals surface area contributed by atoms with Gasteiger partial charge in [0.15, 0.2) is 5.78 Å². The van der Waals surface area contributed by atoms with Gasteiger partial charge >= 0.3 is 8.25 Å². The van der Waals surface area contributed by atoms with Crippen LogP contribution in [0.25, 0.3) is 0 Å². The van der Waals surface area contributed by atoms with Gasteiger partial charge in [0.25, 0.3) is 0 Å². The van der Waals surface area contributed by atoms with Crippen LogP contribution in [0.2, 0.25) is 0 Å². The lowest BCUT2D eigenvalue weighted by Crippen LogP contribution is -2.08. The second-order valence-electron chi connectivity index (χ2n) is 6.07. The van der Waals surface area contributed by atoms with Gasteiger partial charge < -0.3 is 4.52 Å². The Morgan fingerprint density at radius 3 is 2.21 bits per heavy atom. The zero-order valence-electron chi connectivity index (χ0n) is 14.6. The molecule has 0 N–H and O–H groups in total. The van der Waals surface area contributed by atoms with Crippen molar-refractivity contribution in [2.75, 3.05) is 0 Å². The summed E-state index contributed by atoms with van der Waals surface area (Å²) >= 11 is 0. The van der Waals surface area contributed by atoms with E-state index in [1.807, 2.05) is 32.9 Å². The Hall–Kier alpha value is -2.03. The summed E-state index contributed by atoms with van der Waals surface area (Å²) in [6.07, 6.45) is -0.224. The topological polar surface area (TPSA) is 52.6 Å². The zero-order chi connectivity index (χ0) is 17.9. The number of aryl methyl sites for hydroxylation is 3. The molecule has 0 aliphatic rings. The van der Waals surface area contributed by atoms with E-state index < -0.39 is 8.25 Å². The van der Waals surface area contributed by atoms with Crippen LogP contribution >= 0.6 is 8.25 Å². The van der Waals surface area contributed by atoms with Crippen LogP contribution in [0.3, 0.4) is 0 Å². The van der Waals surface area contributed by atoms with E-state index in [1.54, 1.807) is 38.1 Å². The third kappa shape index (κ3) is 4.28. The van der Waals surface area contributed by atoms with Crippen LogP contribution in [-0.2, 0) is 9.09 Å². The summed E-state index contributed by atoms with van der Waals surface area (Å²) in [5, 5.41) is 0. The molecule has 127 valence electrons. The van der Waals surface area contributed by atoms with Crippen molar-refractivity contribution in [3.8, 4) is 5.75 Å². The predicted molar refractivity (Wildman–Crippen MR) is 95.0 cm³/mol. The highest BCUT2D eigenvalue weighted by atomic mass is 31.1. The van der Waals surface area contributed by atoms with Gasteiger partial charge in [-0.25, -0.2) is 4.57 Å². The molecule has 1 radical (unpaired) electrons. The molecule has 2 rings (SSSR count). The summed E-state index contributed by atoms with van der Waals surface area (Å²) in [7, 11) is -2.33. The van der Waals surface area contributed by atoms with Crippen molar-refractivity contribution < 1.29 is 18.4 Å². The minimum atomic E-state index is -2.33. The molecule has 0 saturated heterocycles. The Morgan fingerprint density at radius 2 is 1.62 bits per heavy atom. The maximum Gasteiger partial charge on any atom is 0.429 e. The molecule has 2 aromatic rings. The average Bonchev–Trinajstić information content (AvgIpc) is 2.45. The number of para-hydroxylation sites is 1. The first kappa shape index (κ1) is 18.3. The van der Waals surface area contributed by atoms with Crippen LogP contribution in [0.5, 0.6) is 5.75 Å². The van der Waals surface area contributed by atoms with Crippen LogP contribution in [0.4, 0.5) is 0 Å². The Kier molecular flexibility index (Phi) is 5.87. The van der Waals surface area contributed by atoms with E-state index in [-0.39, 0.29) is 17.6 Å². The van der Waals surface area contributed by atoms with E-state index in [9.17, 15) is 9.36 Å². The molecule has 0 aromatic heterocycles. The Balaban J connectivity index is 2.39. The summed E-state index contributed by atoms with van der Waals surface area (Å²) in [4.78, 5) is 13.0. The molecule has 5 heteroatoms. The van der Waals surface area contributed by atoms with Crippen LogP contribution < -0.4 is 4.52 Å². The molecule has 1 unspecified atom stereocenters. The molecule has 0 fully saturated rings. The fraction of sp³-hybridized carbons (Fsp3) is 0.316. The Bertz CT molecular complexity index is 758. The standard InChI is InChI=1S/C19H22O4P/c1-12(2)22-24(21)23-17-9-7-6-8-16(17)19(20)18-14(4)10-13(3)11-15(18)5/h6-12H,1-5H3. The molecular formula is C19H22O4P. The minimum Gasteiger partial charge on any atom is -0.397 e. The molecule has 0 amide bonds. The highest BCUT2D eigenvalue weighted by molar-refractivity contribution is 7.33. The van der Waals surface area contributed by atoms with E-state index in [2.05, 4.69) is 0 Å². The fourth-order valence-corrected chi connectivity index (χ4v) is 3.39. The number of ketones is 1. The molecule has 0 aliphatic heterocycles. The Morgan fingerprint density at radius 1 is 1.04 bits per heavy atom. The van der Waals surface area contributed by atoms with Crippen molar-refractivity contribution in [2.45, 2.75) is 40.7 Å². The summed E-state index contributed by atoms with van der Waals surface area (Å²) < 4.78 is 22.4. The van der Waals surface area contributed by atoms with Gasteiger partial charge in [-0.2, -0.15) is 0 Å². The van der Waals surface area contributed by atoms with Gasteiger partial charge in [0.05, 0.1) is 11.7 Å². The number of carbonyl (C=O) groups is 1. The molecule has 0 spiro atoms. The monoisotopic (exact) mass is 345 g/mol. The highest BCUT2D eigenvalue weighted by Crippen LogP contribution is 2.33. The lowest BCUT2D eigenvalue weighted by molar-refractivity contribution is 0.103. The highest BCUT2D eigenvalue weighted by Gasteiger charge is 2.20. The first-order valence-electron chi connectivity index (χ1n) is 7.83. The number of rotatable bonds is 6. The van der Waals surface area contributed by atoms with Crippen molar-refractivity contribution in [1.29, 1.82) is 0 Å². The summed E-state index contributed by atoms with van der Waals surface area (Å²) in [6.45, 7) is 9.37. The maximum absolute atomic E-state index is 13.0. The number of benzene rings is 2. The molecule has 0 bridgehead atoms. The molecule has 2 aromatic carbocycles. The van der Waals surface area contributed by atoms with Crippen molar-refractivity contribution in [2.24, 2.45) is 0 Å². The molecule has 0 aliphatic carbocycles. The first-order valence-corrected chi connectivity index (χ1v) is 8.92. The zero-order valence-corrected chi connectivity index (χ0v) is 15.5. The van der Waals surface area contributed by atoms with Gasteiger partial charge in [0.2, 0.25) is 0 Å². The third-order valence-corrected chi connectivity index (χ3v) is 4.45. The average molecular weight is 345 g/mol. The van der Waals surface area contributed by atoms with Gasteiger partial charge in [0, 0.05) is 5.56 Å². The first-order chi connectivity index (χ1) is 11.3. The third-order valence-electron chi connectivity index (χ3n) is 3.51. The van der Waals surface area contributed by atoms with E-state index in [1.165, 1.54) is 0 Å². The van der Waals surface area contributed by atoms with E-state index in [0.29, 0.717) is 11.1 Å². The van der Waals surface area contributed by atoms with Gasteiger partial charge in [-0.3, -0.25) is 9.32 Å². The number of hydrogen-bond donors (Lipinski definition) is 0. The lowest BCUT2D eigenvalue weighted by Gasteiger charge is -2.13. The van der Waals surface area contributed by atoms with Crippen molar-refractivity contribution in [3.05, 3.63) is 64.2 Å². The van der Waals surface area contributed by atoms with Crippen molar-refractivity contribution in [1.82, 2.24) is 0 Å². The molecule has 1 atom stereocenters. The maximum atomic E-state index is 13.0. The van der Waals surface area contributed by atoms with E-state index >= 15 is 0 Å². The normalized spacial score (nSPS) is 11.5. The minimum absolute atomic E-state index is 0.145. The SMILES string of the molecule is Cc1cc(C)c(C(=O)c2ccccc2O[P](=O)OC(C)C)c(C)c1. The predicted octanol–water partition coefficient (Wildman–Crippen LogP) is 5.30. The van der Waals surface area contributed by atoms with E-state index in [4.69, 9.17) is 9.05 Å². The van der Waals surface area contributed by atoms with Gasteiger partial charge in [-0.05, 0) is 57.9 Å². The van der Waals surface area contributed by atoms with Crippen LogP contribution in [0.15, 0.2) is 36.4 Å². The molecule has 0 heterocycles.